The van der Waals surface area contributed by atoms with Crippen LogP contribution in [0.15, 0.2) is 47.9 Å². The summed E-state index contributed by atoms with van der Waals surface area (Å²) >= 11 is 0. The zero-order chi connectivity index (χ0) is 23.2. The number of fused-ring (bicyclic) bond motifs is 1. The third kappa shape index (κ3) is 5.88. The molecule has 172 valence electrons. The molecule has 4 heterocycles. The Balaban J connectivity index is 1.50. The van der Waals surface area contributed by atoms with Gasteiger partial charge in [0.25, 0.3) is 0 Å². The van der Waals surface area contributed by atoms with E-state index in [2.05, 4.69) is 51.3 Å². The number of aromatic nitrogens is 4. The van der Waals surface area contributed by atoms with Crippen molar-refractivity contribution in [1.29, 1.82) is 0 Å². The first-order chi connectivity index (χ1) is 16.0. The zero-order valence-corrected chi connectivity index (χ0v) is 19.3. The topological polar surface area (TPSA) is 114 Å². The molecule has 3 aromatic rings. The van der Waals surface area contributed by atoms with Crippen LogP contribution in [0.25, 0.3) is 16.6 Å². The second-order valence-electron chi connectivity index (χ2n) is 8.48. The third-order valence-corrected chi connectivity index (χ3v) is 5.53. The zero-order valence-electron chi connectivity index (χ0n) is 19.3. The molecule has 9 nitrogen and oxygen atoms in total. The second-order valence-corrected chi connectivity index (χ2v) is 8.48. The average Bonchev–Trinajstić information content (AvgIpc) is 2.82. The Labute approximate surface area is 193 Å². The molecule has 0 aliphatic carbocycles. The fourth-order valence-electron chi connectivity index (χ4n) is 3.58. The summed E-state index contributed by atoms with van der Waals surface area (Å²) < 4.78 is 5.76. The highest BCUT2D eigenvalue weighted by molar-refractivity contribution is 6.10. The Hall–Kier alpha value is -3.43. The van der Waals surface area contributed by atoms with E-state index in [-0.39, 0.29) is 6.10 Å². The van der Waals surface area contributed by atoms with Gasteiger partial charge in [-0.1, -0.05) is 13.8 Å². The average molecular weight is 447 g/mol. The van der Waals surface area contributed by atoms with Crippen LogP contribution in [0.3, 0.4) is 0 Å². The summed E-state index contributed by atoms with van der Waals surface area (Å²) in [5, 5.41) is 11.5. The van der Waals surface area contributed by atoms with Crippen LogP contribution in [0.2, 0.25) is 0 Å². The van der Waals surface area contributed by atoms with Crippen molar-refractivity contribution in [2.24, 2.45) is 10.7 Å². The molecule has 1 fully saturated rings. The molecule has 0 saturated carbocycles. The molecule has 1 aliphatic heterocycles. The number of rotatable bonds is 7. The van der Waals surface area contributed by atoms with Gasteiger partial charge in [0.15, 0.2) is 5.82 Å². The summed E-state index contributed by atoms with van der Waals surface area (Å²) in [4.78, 5) is 16.0. The first kappa shape index (κ1) is 22.8. The monoisotopic (exact) mass is 446 g/mol. The first-order valence-electron chi connectivity index (χ1n) is 11.1. The summed E-state index contributed by atoms with van der Waals surface area (Å²) in [7, 11) is 2.09. The summed E-state index contributed by atoms with van der Waals surface area (Å²) in [5.74, 6) is 1.69. The smallest absolute Gasteiger partial charge is 0.154 e. The molecule has 3 aromatic heterocycles. The third-order valence-electron chi connectivity index (χ3n) is 5.53. The van der Waals surface area contributed by atoms with Crippen molar-refractivity contribution in [2.45, 2.75) is 25.9 Å². The number of nitrogens with two attached hydrogens (primary N) is 1. The molecule has 3 N–H and O–H groups in total. The highest BCUT2D eigenvalue weighted by atomic mass is 16.5. The van der Waals surface area contributed by atoms with Crippen molar-refractivity contribution in [3.8, 4) is 0 Å². The Kier molecular flexibility index (Phi) is 7.21. The van der Waals surface area contributed by atoms with Crippen molar-refractivity contribution in [1.82, 2.24) is 25.1 Å². The number of nitrogens with zero attached hydrogens (tertiary/aromatic N) is 6. The molecule has 4 rings (SSSR count). The normalized spacial score (nSPS) is 17.8. The molecular weight excluding hydrogens is 416 g/mol. The molecule has 0 aromatic carbocycles. The minimum absolute atomic E-state index is 0.0985. The number of allylic oxidation sites excluding steroid dienone is 1. The Morgan fingerprint density at radius 3 is 2.94 bits per heavy atom. The van der Waals surface area contributed by atoms with E-state index in [1.165, 1.54) is 6.20 Å². The molecule has 1 aliphatic rings. The summed E-state index contributed by atoms with van der Waals surface area (Å²) in [5.41, 5.74) is 10.2. The van der Waals surface area contributed by atoms with Gasteiger partial charge in [-0.05, 0) is 42.8 Å². The second kappa shape index (κ2) is 10.5. The van der Waals surface area contributed by atoms with Crippen LogP contribution >= 0.6 is 0 Å². The van der Waals surface area contributed by atoms with Crippen molar-refractivity contribution >= 4 is 34.5 Å². The number of anilines is 2. The van der Waals surface area contributed by atoms with Gasteiger partial charge in [0, 0.05) is 42.8 Å². The molecule has 0 bridgehead atoms. The van der Waals surface area contributed by atoms with Crippen LogP contribution < -0.4 is 11.1 Å². The summed E-state index contributed by atoms with van der Waals surface area (Å²) in [6.07, 6.45) is 6.97. The summed E-state index contributed by atoms with van der Waals surface area (Å²) in [6.45, 7) is 7.40. The van der Waals surface area contributed by atoms with E-state index in [1.54, 1.807) is 18.6 Å². The van der Waals surface area contributed by atoms with Gasteiger partial charge in [0.05, 0.1) is 36.5 Å². The quantitative estimate of drug-likeness (QED) is 0.533. The minimum Gasteiger partial charge on any atom is -0.404 e. The largest absolute Gasteiger partial charge is 0.404 e. The van der Waals surface area contributed by atoms with E-state index < -0.39 is 0 Å². The fourth-order valence-corrected chi connectivity index (χ4v) is 3.58. The standard InChI is InChI=1S/C24H30N8O/c1-16(2)17-9-24(31-28-13-17)30-23-5-4-21-22(29-23)8-18(12-27-21)19(10-25)11-26-14-20-15-32(3)6-7-33-20/h4-5,8-13,16,20H,6-7,14-15,25H2,1-3H3,(H,29,30,31). The molecular formula is C24H30N8O. The highest BCUT2D eigenvalue weighted by Crippen LogP contribution is 2.21. The molecule has 1 atom stereocenters. The number of hydrogen-bond donors (Lipinski definition) is 2. The predicted octanol–water partition coefficient (Wildman–Crippen LogP) is 2.99. The lowest BCUT2D eigenvalue weighted by Gasteiger charge is -2.28. The maximum absolute atomic E-state index is 5.89. The molecule has 1 unspecified atom stereocenters. The molecule has 33 heavy (non-hydrogen) atoms. The van der Waals surface area contributed by atoms with E-state index in [0.717, 1.165) is 47.4 Å². The van der Waals surface area contributed by atoms with Crippen LogP contribution in [0.4, 0.5) is 11.6 Å². The minimum atomic E-state index is 0.0985. The van der Waals surface area contributed by atoms with E-state index in [4.69, 9.17) is 15.5 Å². The molecule has 0 amide bonds. The molecule has 9 heteroatoms. The van der Waals surface area contributed by atoms with E-state index in [9.17, 15) is 0 Å². The van der Waals surface area contributed by atoms with Crippen molar-refractivity contribution in [3.63, 3.8) is 0 Å². The molecule has 0 spiro atoms. The van der Waals surface area contributed by atoms with E-state index in [0.29, 0.717) is 24.1 Å². The van der Waals surface area contributed by atoms with Crippen molar-refractivity contribution < 1.29 is 4.74 Å². The highest BCUT2D eigenvalue weighted by Gasteiger charge is 2.16. The van der Waals surface area contributed by atoms with Gasteiger partial charge in [-0.2, -0.15) is 5.10 Å². The summed E-state index contributed by atoms with van der Waals surface area (Å²) in [6, 6.07) is 7.74. The van der Waals surface area contributed by atoms with Crippen molar-refractivity contribution in [2.75, 3.05) is 38.6 Å². The van der Waals surface area contributed by atoms with Gasteiger partial charge in [0.2, 0.25) is 0 Å². The van der Waals surface area contributed by atoms with Gasteiger partial charge >= 0.3 is 0 Å². The number of ether oxygens (including phenoxy) is 1. The van der Waals surface area contributed by atoms with Crippen LogP contribution in [-0.4, -0.2) is 70.7 Å². The molecule has 0 radical (unpaired) electrons. The number of pyridine rings is 2. The first-order valence-corrected chi connectivity index (χ1v) is 11.1. The van der Waals surface area contributed by atoms with Crippen LogP contribution in [0, 0.1) is 0 Å². The van der Waals surface area contributed by atoms with Crippen LogP contribution in [-0.2, 0) is 4.74 Å². The van der Waals surface area contributed by atoms with Gasteiger partial charge in [-0.15, -0.1) is 5.10 Å². The van der Waals surface area contributed by atoms with Gasteiger partial charge in [0.1, 0.15) is 5.82 Å². The number of nitrogens with one attached hydrogen (secondary N) is 1. The molecule has 1 saturated heterocycles. The lowest BCUT2D eigenvalue weighted by molar-refractivity contribution is -0.0135. The van der Waals surface area contributed by atoms with Gasteiger partial charge in [-0.25, -0.2) is 4.98 Å². The maximum Gasteiger partial charge on any atom is 0.154 e. The maximum atomic E-state index is 5.89. The SMILES string of the molecule is CC(C)c1cnnc(Nc2ccc3ncc(C(C=NCC4CN(C)CCO4)=CN)cc3n2)c1. The number of aliphatic imine (C=N–C) groups is 1. The van der Waals surface area contributed by atoms with Crippen molar-refractivity contribution in [3.05, 3.63) is 54.0 Å². The fraction of sp³-hybridized carbons (Fsp3) is 0.375. The number of likely N-dealkylation sites (N-methyl/N-ethyl adjacent to an activating group) is 1. The van der Waals surface area contributed by atoms with Gasteiger partial charge < -0.3 is 20.7 Å². The number of morpholine rings is 1. The predicted molar refractivity (Wildman–Crippen MR) is 132 cm³/mol. The van der Waals surface area contributed by atoms with E-state index in [1.807, 2.05) is 24.3 Å². The Bertz CT molecular complexity index is 1160. The van der Waals surface area contributed by atoms with Crippen LogP contribution in [0.1, 0.15) is 30.9 Å². The van der Waals surface area contributed by atoms with E-state index >= 15 is 0 Å². The van der Waals surface area contributed by atoms with Gasteiger partial charge in [-0.3, -0.25) is 9.98 Å². The lowest BCUT2D eigenvalue weighted by Crippen LogP contribution is -2.41. The lowest BCUT2D eigenvalue weighted by atomic mass is 10.1. The Morgan fingerprint density at radius 2 is 2.15 bits per heavy atom. The Morgan fingerprint density at radius 1 is 1.27 bits per heavy atom. The number of hydrogen-bond acceptors (Lipinski definition) is 9. The van der Waals surface area contributed by atoms with Crippen LogP contribution in [0.5, 0.6) is 0 Å².